The van der Waals surface area contributed by atoms with Crippen molar-refractivity contribution in [2.75, 3.05) is 12.4 Å². The van der Waals surface area contributed by atoms with Crippen LogP contribution in [0.2, 0.25) is 0 Å². The molecular formula is C10H10FNO2. The smallest absolute Gasteiger partial charge is 0.328 e. The Bertz CT molecular complexity index is 378. The number of halogens is 1. The summed E-state index contributed by atoms with van der Waals surface area (Å²) in [6.07, 6.45) is 0.558. The number of anilines is 1. The Kier molecular flexibility index (Phi) is 2.11. The van der Waals surface area contributed by atoms with Gasteiger partial charge in [0.25, 0.3) is 0 Å². The minimum atomic E-state index is -0.378. The number of rotatable bonds is 1. The molecule has 1 heterocycles. The summed E-state index contributed by atoms with van der Waals surface area (Å²) in [5.74, 6) is -0.622. The number of hydrogen-bond donors (Lipinski definition) is 1. The molecule has 1 aromatic rings. The fourth-order valence-corrected chi connectivity index (χ4v) is 1.60. The van der Waals surface area contributed by atoms with E-state index in [1.165, 1.54) is 19.2 Å². The van der Waals surface area contributed by atoms with Crippen LogP contribution in [0, 0.1) is 5.82 Å². The minimum absolute atomic E-state index is 0.304. The van der Waals surface area contributed by atoms with Crippen LogP contribution in [0.3, 0.4) is 0 Å². The molecular weight excluding hydrogens is 185 g/mol. The molecule has 0 aliphatic carbocycles. The number of ether oxygens (including phenoxy) is 1. The second-order valence-corrected chi connectivity index (χ2v) is 3.23. The van der Waals surface area contributed by atoms with Crippen molar-refractivity contribution in [2.24, 2.45) is 0 Å². The first-order valence-electron chi connectivity index (χ1n) is 4.33. The van der Waals surface area contributed by atoms with E-state index in [1.54, 1.807) is 6.07 Å². The Morgan fingerprint density at radius 1 is 1.64 bits per heavy atom. The maximum atomic E-state index is 12.8. The van der Waals surface area contributed by atoms with Gasteiger partial charge < -0.3 is 10.1 Å². The molecule has 0 amide bonds. The van der Waals surface area contributed by atoms with Gasteiger partial charge in [0.2, 0.25) is 0 Å². The third-order valence-electron chi connectivity index (χ3n) is 2.31. The molecule has 0 fully saturated rings. The number of nitrogens with one attached hydrogen (secondary N) is 1. The number of esters is 1. The highest BCUT2D eigenvalue weighted by atomic mass is 19.1. The topological polar surface area (TPSA) is 38.3 Å². The van der Waals surface area contributed by atoms with E-state index in [-0.39, 0.29) is 17.8 Å². The summed E-state index contributed by atoms with van der Waals surface area (Å²) in [6, 6.07) is 4.08. The summed E-state index contributed by atoms with van der Waals surface area (Å²) < 4.78 is 17.4. The van der Waals surface area contributed by atoms with Gasteiger partial charge >= 0.3 is 5.97 Å². The molecule has 0 aromatic heterocycles. The van der Waals surface area contributed by atoms with Crippen molar-refractivity contribution in [2.45, 2.75) is 12.5 Å². The van der Waals surface area contributed by atoms with Gasteiger partial charge in [-0.15, -0.1) is 0 Å². The van der Waals surface area contributed by atoms with Crippen molar-refractivity contribution in [1.29, 1.82) is 0 Å². The van der Waals surface area contributed by atoms with Crippen molar-refractivity contribution in [1.82, 2.24) is 0 Å². The summed E-state index contributed by atoms with van der Waals surface area (Å²) in [7, 11) is 1.34. The van der Waals surface area contributed by atoms with Gasteiger partial charge in [-0.2, -0.15) is 0 Å². The first kappa shape index (κ1) is 8.99. The maximum Gasteiger partial charge on any atom is 0.328 e. The molecule has 0 unspecified atom stereocenters. The quantitative estimate of drug-likeness (QED) is 0.687. The molecule has 74 valence electrons. The number of carbonyl (C=O) groups excluding carboxylic acids is 1. The molecule has 2 rings (SSSR count). The molecule has 4 heteroatoms. The van der Waals surface area contributed by atoms with Crippen molar-refractivity contribution >= 4 is 11.7 Å². The van der Waals surface area contributed by atoms with Crippen LogP contribution in [0.25, 0.3) is 0 Å². The second kappa shape index (κ2) is 3.29. The molecule has 0 radical (unpaired) electrons. The minimum Gasteiger partial charge on any atom is -0.467 e. The third-order valence-corrected chi connectivity index (χ3v) is 2.31. The van der Waals surface area contributed by atoms with Crippen molar-refractivity contribution in [3.05, 3.63) is 29.6 Å². The average molecular weight is 195 g/mol. The molecule has 0 saturated heterocycles. The maximum absolute atomic E-state index is 12.8. The van der Waals surface area contributed by atoms with E-state index in [2.05, 4.69) is 10.1 Å². The Labute approximate surface area is 80.9 Å². The Hall–Kier alpha value is -1.58. The standard InChI is InChI=1S/C10H10FNO2/c1-14-10(13)9-4-6-2-3-7(11)5-8(6)12-9/h2-3,5,9,12H,4H2,1H3/t9-/m0/s1. The molecule has 0 saturated carbocycles. The third kappa shape index (κ3) is 1.43. The highest BCUT2D eigenvalue weighted by molar-refractivity contribution is 5.82. The van der Waals surface area contributed by atoms with Gasteiger partial charge in [-0.3, -0.25) is 0 Å². The highest BCUT2D eigenvalue weighted by Gasteiger charge is 2.27. The Morgan fingerprint density at radius 3 is 3.14 bits per heavy atom. The Morgan fingerprint density at radius 2 is 2.43 bits per heavy atom. The summed E-state index contributed by atoms with van der Waals surface area (Å²) in [6.45, 7) is 0. The summed E-state index contributed by atoms with van der Waals surface area (Å²) in [4.78, 5) is 11.2. The van der Waals surface area contributed by atoms with E-state index in [9.17, 15) is 9.18 Å². The molecule has 1 aliphatic heterocycles. The molecule has 0 spiro atoms. The van der Waals surface area contributed by atoms with E-state index < -0.39 is 0 Å². The molecule has 1 aromatic carbocycles. The van der Waals surface area contributed by atoms with Crippen molar-refractivity contribution < 1.29 is 13.9 Å². The lowest BCUT2D eigenvalue weighted by molar-refractivity contribution is -0.141. The van der Waals surface area contributed by atoms with Gasteiger partial charge in [0.05, 0.1) is 7.11 Å². The molecule has 3 nitrogen and oxygen atoms in total. The monoisotopic (exact) mass is 195 g/mol. The largest absolute Gasteiger partial charge is 0.467 e. The number of fused-ring (bicyclic) bond motifs is 1. The zero-order valence-corrected chi connectivity index (χ0v) is 7.71. The number of benzene rings is 1. The lowest BCUT2D eigenvalue weighted by Crippen LogP contribution is -2.27. The van der Waals surface area contributed by atoms with E-state index >= 15 is 0 Å². The van der Waals surface area contributed by atoms with Crippen LogP contribution in [0.1, 0.15) is 5.56 Å². The average Bonchev–Trinajstić information content (AvgIpc) is 2.59. The fourth-order valence-electron chi connectivity index (χ4n) is 1.60. The van der Waals surface area contributed by atoms with Crippen molar-refractivity contribution in [3.63, 3.8) is 0 Å². The van der Waals surface area contributed by atoms with Crippen LogP contribution < -0.4 is 5.32 Å². The first-order chi connectivity index (χ1) is 6.70. The van der Waals surface area contributed by atoms with Gasteiger partial charge in [-0.1, -0.05) is 6.07 Å². The highest BCUT2D eigenvalue weighted by Crippen LogP contribution is 2.26. The van der Waals surface area contributed by atoms with Crippen LogP contribution >= 0.6 is 0 Å². The molecule has 14 heavy (non-hydrogen) atoms. The van der Waals surface area contributed by atoms with Crippen molar-refractivity contribution in [3.8, 4) is 0 Å². The summed E-state index contributed by atoms with van der Waals surface area (Å²) in [5.41, 5.74) is 1.63. The van der Waals surface area contributed by atoms with Gasteiger partial charge in [0, 0.05) is 12.1 Å². The molecule has 1 atom stereocenters. The van der Waals surface area contributed by atoms with E-state index in [0.29, 0.717) is 12.1 Å². The normalized spacial score (nSPS) is 18.6. The van der Waals surface area contributed by atoms with Gasteiger partial charge in [-0.05, 0) is 17.7 Å². The molecule has 0 bridgehead atoms. The second-order valence-electron chi connectivity index (χ2n) is 3.23. The van der Waals surface area contributed by atoms with Crippen LogP contribution in [-0.4, -0.2) is 19.1 Å². The zero-order chi connectivity index (χ0) is 10.1. The summed E-state index contributed by atoms with van der Waals surface area (Å²) >= 11 is 0. The van der Waals surface area contributed by atoms with E-state index in [4.69, 9.17) is 0 Å². The van der Waals surface area contributed by atoms with Crippen LogP contribution in [0.4, 0.5) is 10.1 Å². The van der Waals surface area contributed by atoms with Gasteiger partial charge in [-0.25, -0.2) is 9.18 Å². The van der Waals surface area contributed by atoms with Gasteiger partial charge in [0.15, 0.2) is 0 Å². The SMILES string of the molecule is COC(=O)[C@@H]1Cc2ccc(F)cc2N1. The van der Waals surface area contributed by atoms with Crippen LogP contribution in [0.5, 0.6) is 0 Å². The predicted molar refractivity (Wildman–Crippen MR) is 49.5 cm³/mol. The lowest BCUT2D eigenvalue weighted by Gasteiger charge is -2.07. The lowest BCUT2D eigenvalue weighted by atomic mass is 10.1. The first-order valence-corrected chi connectivity index (χ1v) is 4.33. The summed E-state index contributed by atoms with van der Waals surface area (Å²) in [5, 5.41) is 2.91. The van der Waals surface area contributed by atoms with Crippen LogP contribution in [0.15, 0.2) is 18.2 Å². The Balaban J connectivity index is 2.22. The number of methoxy groups -OCH3 is 1. The fraction of sp³-hybridized carbons (Fsp3) is 0.300. The molecule has 1 aliphatic rings. The number of carbonyl (C=O) groups is 1. The van der Waals surface area contributed by atoms with E-state index in [0.717, 1.165) is 5.56 Å². The number of hydrogen-bond acceptors (Lipinski definition) is 3. The van der Waals surface area contributed by atoms with Crippen LogP contribution in [-0.2, 0) is 16.0 Å². The zero-order valence-electron chi connectivity index (χ0n) is 7.71. The van der Waals surface area contributed by atoms with Gasteiger partial charge in [0.1, 0.15) is 11.9 Å². The molecule has 1 N–H and O–H groups in total. The van der Waals surface area contributed by atoms with E-state index in [1.807, 2.05) is 0 Å². The predicted octanol–water partition coefficient (Wildman–Crippen LogP) is 1.34.